The summed E-state index contributed by atoms with van der Waals surface area (Å²) in [6.45, 7) is -0.548. The fraction of sp³-hybridized carbons (Fsp3) is 0.0667. The Bertz CT molecular complexity index is 698. The molecule has 1 amide bonds. The van der Waals surface area contributed by atoms with Crippen LogP contribution in [-0.4, -0.2) is 18.5 Å². The molecule has 0 aliphatic rings. The van der Waals surface area contributed by atoms with Crippen molar-refractivity contribution in [2.45, 2.75) is 0 Å². The van der Waals surface area contributed by atoms with E-state index in [0.29, 0.717) is 5.76 Å². The van der Waals surface area contributed by atoms with Crippen LogP contribution < -0.4 is 5.32 Å². The lowest BCUT2D eigenvalue weighted by Crippen LogP contribution is -2.20. The van der Waals surface area contributed by atoms with Crippen LogP contribution in [0.2, 0.25) is 5.02 Å². The number of nitrogens with one attached hydrogen (secondary N) is 1. The molecule has 2 aromatic rings. The third-order valence-electron chi connectivity index (χ3n) is 2.47. The van der Waals surface area contributed by atoms with Gasteiger partial charge >= 0.3 is 5.97 Å². The van der Waals surface area contributed by atoms with E-state index in [9.17, 15) is 14.0 Å². The summed E-state index contributed by atoms with van der Waals surface area (Å²) in [6, 6.07) is 7.05. The molecule has 1 aromatic heterocycles. The standard InChI is InChI=1S/C15H11ClFNO4/c16-10-3-5-12(17)13(8-10)18-14(19)9-22-15(20)6-4-11-2-1-7-21-11/h1-8H,9H2,(H,18,19)/b6-4+. The Hall–Kier alpha value is -2.60. The third-order valence-corrected chi connectivity index (χ3v) is 2.71. The molecule has 0 saturated heterocycles. The molecule has 0 bridgehead atoms. The van der Waals surface area contributed by atoms with Gasteiger partial charge < -0.3 is 14.5 Å². The van der Waals surface area contributed by atoms with Crippen molar-refractivity contribution in [2.24, 2.45) is 0 Å². The van der Waals surface area contributed by atoms with E-state index in [4.69, 9.17) is 20.8 Å². The number of ether oxygens (including phenoxy) is 1. The highest BCUT2D eigenvalue weighted by atomic mass is 35.5. The van der Waals surface area contributed by atoms with Gasteiger partial charge in [0.2, 0.25) is 0 Å². The van der Waals surface area contributed by atoms with E-state index in [0.717, 1.165) is 12.1 Å². The van der Waals surface area contributed by atoms with Crippen LogP contribution in [-0.2, 0) is 14.3 Å². The number of rotatable bonds is 5. The van der Waals surface area contributed by atoms with Gasteiger partial charge in [-0.1, -0.05) is 11.6 Å². The van der Waals surface area contributed by atoms with Crippen molar-refractivity contribution in [3.63, 3.8) is 0 Å². The minimum Gasteiger partial charge on any atom is -0.465 e. The zero-order chi connectivity index (χ0) is 15.9. The average Bonchev–Trinajstić information content (AvgIpc) is 3.00. The maximum Gasteiger partial charge on any atom is 0.331 e. The van der Waals surface area contributed by atoms with Crippen molar-refractivity contribution in [1.29, 1.82) is 0 Å². The summed E-state index contributed by atoms with van der Waals surface area (Å²) in [6.07, 6.45) is 3.97. The topological polar surface area (TPSA) is 68.5 Å². The van der Waals surface area contributed by atoms with Crippen LogP contribution >= 0.6 is 11.6 Å². The molecule has 1 heterocycles. The first kappa shape index (κ1) is 15.8. The van der Waals surface area contributed by atoms with Crippen molar-refractivity contribution < 1.29 is 23.1 Å². The van der Waals surface area contributed by atoms with E-state index in [1.54, 1.807) is 12.1 Å². The number of anilines is 1. The van der Waals surface area contributed by atoms with Crippen LogP contribution in [0.15, 0.2) is 47.1 Å². The molecule has 0 radical (unpaired) electrons. The van der Waals surface area contributed by atoms with Crippen LogP contribution in [0.5, 0.6) is 0 Å². The van der Waals surface area contributed by atoms with Gasteiger partial charge in [0.05, 0.1) is 12.0 Å². The summed E-state index contributed by atoms with van der Waals surface area (Å²) < 4.78 is 23.1. The normalized spacial score (nSPS) is 10.6. The van der Waals surface area contributed by atoms with Gasteiger partial charge in [0, 0.05) is 11.1 Å². The summed E-state index contributed by atoms with van der Waals surface area (Å²) in [5, 5.41) is 2.53. The second-order valence-electron chi connectivity index (χ2n) is 4.13. The Morgan fingerprint density at radius 3 is 2.91 bits per heavy atom. The minimum atomic E-state index is -0.724. The van der Waals surface area contributed by atoms with Gasteiger partial charge in [-0.25, -0.2) is 9.18 Å². The molecule has 5 nitrogen and oxygen atoms in total. The van der Waals surface area contributed by atoms with Gasteiger partial charge in [-0.3, -0.25) is 4.79 Å². The highest BCUT2D eigenvalue weighted by molar-refractivity contribution is 6.30. The molecule has 7 heteroatoms. The van der Waals surface area contributed by atoms with E-state index >= 15 is 0 Å². The summed E-state index contributed by atoms with van der Waals surface area (Å²) in [7, 11) is 0. The Labute approximate surface area is 130 Å². The van der Waals surface area contributed by atoms with Gasteiger partial charge in [0.1, 0.15) is 11.6 Å². The van der Waals surface area contributed by atoms with Gasteiger partial charge in [-0.15, -0.1) is 0 Å². The number of halogens is 2. The average molecular weight is 324 g/mol. The van der Waals surface area contributed by atoms with Crippen molar-refractivity contribution in [3.05, 3.63) is 59.3 Å². The molecule has 22 heavy (non-hydrogen) atoms. The molecule has 0 fully saturated rings. The van der Waals surface area contributed by atoms with E-state index in [2.05, 4.69) is 5.32 Å². The molecule has 0 spiro atoms. The Balaban J connectivity index is 1.82. The van der Waals surface area contributed by atoms with Gasteiger partial charge in [-0.2, -0.15) is 0 Å². The van der Waals surface area contributed by atoms with E-state index in [1.807, 2.05) is 0 Å². The van der Waals surface area contributed by atoms with Crippen molar-refractivity contribution in [1.82, 2.24) is 0 Å². The number of hydrogen-bond acceptors (Lipinski definition) is 4. The highest BCUT2D eigenvalue weighted by Gasteiger charge is 2.09. The van der Waals surface area contributed by atoms with Crippen LogP contribution in [0.25, 0.3) is 6.08 Å². The van der Waals surface area contributed by atoms with Crippen molar-refractivity contribution in [3.8, 4) is 0 Å². The lowest BCUT2D eigenvalue weighted by atomic mass is 10.3. The van der Waals surface area contributed by atoms with Gasteiger partial charge in [0.25, 0.3) is 5.91 Å². The lowest BCUT2D eigenvalue weighted by Gasteiger charge is -2.06. The van der Waals surface area contributed by atoms with Crippen LogP contribution in [0.1, 0.15) is 5.76 Å². The number of amides is 1. The molecule has 114 valence electrons. The fourth-order valence-corrected chi connectivity index (χ4v) is 1.67. The number of carbonyl (C=O) groups is 2. The van der Waals surface area contributed by atoms with E-state index in [1.165, 1.54) is 24.5 Å². The first-order valence-electron chi connectivity index (χ1n) is 6.18. The Kier molecular flexibility index (Phi) is 5.32. The molecule has 0 atom stereocenters. The lowest BCUT2D eigenvalue weighted by molar-refractivity contribution is -0.142. The molecule has 2 rings (SSSR count). The van der Waals surface area contributed by atoms with Crippen LogP contribution in [0.4, 0.5) is 10.1 Å². The maximum atomic E-state index is 13.4. The predicted octanol–water partition coefficient (Wildman–Crippen LogP) is 3.27. The first-order valence-corrected chi connectivity index (χ1v) is 6.55. The molecule has 0 aliphatic heterocycles. The van der Waals surface area contributed by atoms with Crippen LogP contribution in [0, 0.1) is 5.82 Å². The minimum absolute atomic E-state index is 0.0836. The van der Waals surface area contributed by atoms with E-state index < -0.39 is 24.3 Å². The third kappa shape index (κ3) is 4.75. The van der Waals surface area contributed by atoms with Crippen molar-refractivity contribution in [2.75, 3.05) is 11.9 Å². The SMILES string of the molecule is O=C(COC(=O)/C=C/c1ccco1)Nc1cc(Cl)ccc1F. The smallest absolute Gasteiger partial charge is 0.331 e. The number of esters is 1. The number of carbonyl (C=O) groups excluding carboxylic acids is 2. The zero-order valence-electron chi connectivity index (χ0n) is 11.2. The summed E-state index contributed by atoms with van der Waals surface area (Å²) in [4.78, 5) is 23.0. The Morgan fingerprint density at radius 2 is 2.18 bits per heavy atom. The first-order chi connectivity index (χ1) is 10.5. The van der Waals surface area contributed by atoms with Gasteiger partial charge in [0.15, 0.2) is 6.61 Å². The molecule has 0 aliphatic carbocycles. The monoisotopic (exact) mass is 323 g/mol. The molecule has 1 N–H and O–H groups in total. The number of benzene rings is 1. The number of hydrogen-bond donors (Lipinski definition) is 1. The van der Waals surface area contributed by atoms with Crippen molar-refractivity contribution >= 4 is 35.2 Å². The molecule has 0 saturated carbocycles. The second kappa shape index (κ2) is 7.42. The largest absolute Gasteiger partial charge is 0.465 e. The second-order valence-corrected chi connectivity index (χ2v) is 4.57. The predicted molar refractivity (Wildman–Crippen MR) is 78.7 cm³/mol. The highest BCUT2D eigenvalue weighted by Crippen LogP contribution is 2.19. The zero-order valence-corrected chi connectivity index (χ0v) is 12.0. The quantitative estimate of drug-likeness (QED) is 0.677. The molecular weight excluding hydrogens is 313 g/mol. The van der Waals surface area contributed by atoms with E-state index in [-0.39, 0.29) is 10.7 Å². The van der Waals surface area contributed by atoms with Gasteiger partial charge in [-0.05, 0) is 36.4 Å². The maximum absolute atomic E-state index is 13.4. The molecular formula is C15H11ClFNO4. The molecule has 0 unspecified atom stereocenters. The summed E-state index contributed by atoms with van der Waals surface area (Å²) in [5.74, 6) is -1.57. The Morgan fingerprint density at radius 1 is 1.36 bits per heavy atom. The summed E-state index contributed by atoms with van der Waals surface area (Å²) >= 11 is 5.70. The fourth-order valence-electron chi connectivity index (χ4n) is 1.50. The summed E-state index contributed by atoms with van der Waals surface area (Å²) in [5.41, 5.74) is -0.0836. The van der Waals surface area contributed by atoms with Crippen LogP contribution in [0.3, 0.4) is 0 Å². The molecule has 1 aromatic carbocycles. The number of furan rings is 1.